The number of aliphatic hydroxyl groups is 1. The van der Waals surface area contributed by atoms with Gasteiger partial charge in [-0.1, -0.05) is 0 Å². The first kappa shape index (κ1) is 13.6. The third kappa shape index (κ3) is 2.33. The number of rotatable bonds is 4. The fourth-order valence-electron chi connectivity index (χ4n) is 2.42. The number of carbonyl (C=O) groups is 1. The Morgan fingerprint density at radius 1 is 1.55 bits per heavy atom. The number of aromatic nitrogens is 2. The summed E-state index contributed by atoms with van der Waals surface area (Å²) in [7, 11) is 1.78. The molecule has 0 radical (unpaired) electrons. The van der Waals surface area contributed by atoms with Crippen molar-refractivity contribution in [2.24, 2.45) is 5.41 Å². The van der Waals surface area contributed by atoms with Crippen molar-refractivity contribution in [2.45, 2.75) is 12.8 Å². The normalized spacial score (nSPS) is 16.4. The van der Waals surface area contributed by atoms with Crippen LogP contribution in [0.2, 0.25) is 0 Å². The second-order valence-corrected chi connectivity index (χ2v) is 6.41. The van der Waals surface area contributed by atoms with Crippen molar-refractivity contribution in [3.05, 3.63) is 34.6 Å². The first-order chi connectivity index (χ1) is 9.54. The van der Waals surface area contributed by atoms with E-state index < -0.39 is 0 Å². The maximum absolute atomic E-state index is 12.4. The maximum Gasteiger partial charge on any atom is 0.255 e. The Labute approximate surface area is 125 Å². The summed E-state index contributed by atoms with van der Waals surface area (Å²) < 4.78 is 2.59. The minimum absolute atomic E-state index is 0.0433. The summed E-state index contributed by atoms with van der Waals surface area (Å²) in [5.74, 6) is -0.0433. The van der Waals surface area contributed by atoms with E-state index in [0.29, 0.717) is 12.1 Å². The molecular weight excluding hydrogens is 322 g/mol. The van der Waals surface area contributed by atoms with E-state index in [1.54, 1.807) is 34.9 Å². The monoisotopic (exact) mass is 337 g/mol. The fourth-order valence-corrected chi connectivity index (χ4v) is 2.82. The highest BCUT2D eigenvalue weighted by molar-refractivity contribution is 9.10. The van der Waals surface area contributed by atoms with Crippen LogP contribution in [0.25, 0.3) is 5.52 Å². The van der Waals surface area contributed by atoms with Gasteiger partial charge in [0.05, 0.1) is 28.4 Å². The van der Waals surface area contributed by atoms with E-state index in [-0.39, 0.29) is 17.9 Å². The van der Waals surface area contributed by atoms with Crippen molar-refractivity contribution < 1.29 is 9.90 Å². The van der Waals surface area contributed by atoms with E-state index in [1.807, 2.05) is 6.07 Å². The summed E-state index contributed by atoms with van der Waals surface area (Å²) in [4.78, 5) is 14.1. The molecule has 0 unspecified atom stereocenters. The second kappa shape index (κ2) is 4.86. The van der Waals surface area contributed by atoms with Crippen molar-refractivity contribution in [1.29, 1.82) is 0 Å². The molecule has 0 saturated heterocycles. The van der Waals surface area contributed by atoms with Gasteiger partial charge >= 0.3 is 0 Å². The lowest BCUT2D eigenvalue weighted by atomic mass is 10.1. The highest BCUT2D eigenvalue weighted by atomic mass is 79.9. The number of carbonyl (C=O) groups excluding carboxylic acids is 1. The molecule has 3 rings (SSSR count). The van der Waals surface area contributed by atoms with Crippen LogP contribution in [0.15, 0.2) is 29.0 Å². The molecule has 2 aromatic rings. The number of halogens is 1. The number of hydrogen-bond acceptors (Lipinski definition) is 3. The zero-order valence-electron chi connectivity index (χ0n) is 11.2. The molecule has 1 saturated carbocycles. The third-order valence-electron chi connectivity index (χ3n) is 3.93. The van der Waals surface area contributed by atoms with Crippen LogP contribution >= 0.6 is 15.9 Å². The summed E-state index contributed by atoms with van der Waals surface area (Å²) in [6.07, 6.45) is 5.42. The Hall–Kier alpha value is -1.40. The molecule has 0 aliphatic heterocycles. The van der Waals surface area contributed by atoms with E-state index in [1.165, 1.54) is 0 Å². The van der Waals surface area contributed by atoms with Crippen LogP contribution in [0.5, 0.6) is 0 Å². The van der Waals surface area contributed by atoms with E-state index in [2.05, 4.69) is 21.0 Å². The Morgan fingerprint density at radius 3 is 2.95 bits per heavy atom. The van der Waals surface area contributed by atoms with Crippen LogP contribution in [0.3, 0.4) is 0 Å². The van der Waals surface area contributed by atoms with Gasteiger partial charge < -0.3 is 10.0 Å². The van der Waals surface area contributed by atoms with Gasteiger partial charge in [-0.05, 0) is 40.9 Å². The first-order valence-corrected chi connectivity index (χ1v) is 7.33. The number of fused-ring (bicyclic) bond motifs is 1. The molecule has 1 amide bonds. The number of hydrogen-bond donors (Lipinski definition) is 1. The molecule has 0 aromatic carbocycles. The van der Waals surface area contributed by atoms with Crippen molar-refractivity contribution in [3.8, 4) is 0 Å². The van der Waals surface area contributed by atoms with Crippen LogP contribution < -0.4 is 0 Å². The van der Waals surface area contributed by atoms with Crippen LogP contribution in [-0.2, 0) is 0 Å². The summed E-state index contributed by atoms with van der Waals surface area (Å²) in [5, 5.41) is 13.5. The molecule has 1 aliphatic carbocycles. The van der Waals surface area contributed by atoms with Crippen LogP contribution in [-0.4, -0.2) is 45.7 Å². The van der Waals surface area contributed by atoms with Gasteiger partial charge in [-0.15, -0.1) is 0 Å². The quantitative estimate of drug-likeness (QED) is 0.927. The van der Waals surface area contributed by atoms with E-state index in [9.17, 15) is 9.90 Å². The Kier molecular flexibility index (Phi) is 3.30. The molecule has 6 heteroatoms. The fraction of sp³-hybridized carbons (Fsp3) is 0.429. The van der Waals surface area contributed by atoms with Crippen molar-refractivity contribution in [3.63, 3.8) is 0 Å². The minimum atomic E-state index is -0.0662. The zero-order chi connectivity index (χ0) is 14.3. The molecule has 0 spiro atoms. The molecule has 1 aliphatic rings. The van der Waals surface area contributed by atoms with Crippen LogP contribution in [0.1, 0.15) is 23.2 Å². The van der Waals surface area contributed by atoms with Crippen LogP contribution in [0, 0.1) is 5.41 Å². The molecule has 2 heterocycles. The van der Waals surface area contributed by atoms with Gasteiger partial charge in [0.1, 0.15) is 0 Å². The Bertz CT molecular complexity index is 663. The SMILES string of the molecule is CN(CC1(CO)CC1)C(=O)c1ccc2c(Br)cnn2c1. The molecule has 5 nitrogen and oxygen atoms in total. The van der Waals surface area contributed by atoms with Crippen LogP contribution in [0.4, 0.5) is 0 Å². The first-order valence-electron chi connectivity index (χ1n) is 6.54. The van der Waals surface area contributed by atoms with Gasteiger partial charge in [0, 0.05) is 25.2 Å². The average molecular weight is 338 g/mol. The molecule has 0 atom stereocenters. The van der Waals surface area contributed by atoms with Gasteiger partial charge in [-0.3, -0.25) is 4.79 Å². The lowest BCUT2D eigenvalue weighted by Crippen LogP contribution is -2.34. The topological polar surface area (TPSA) is 57.8 Å². The Morgan fingerprint density at radius 2 is 2.30 bits per heavy atom. The van der Waals surface area contributed by atoms with Crippen molar-refractivity contribution >= 4 is 27.4 Å². The summed E-state index contributed by atoms with van der Waals surface area (Å²) in [6, 6.07) is 3.68. The molecule has 1 fully saturated rings. The standard InChI is InChI=1S/C14H16BrN3O2/c1-17(8-14(9-19)4-5-14)13(20)10-2-3-12-11(15)6-16-18(12)7-10/h2-3,6-7,19H,4-5,8-9H2,1H3. The third-order valence-corrected chi connectivity index (χ3v) is 4.54. The lowest BCUT2D eigenvalue weighted by Gasteiger charge is -2.22. The van der Waals surface area contributed by atoms with E-state index in [0.717, 1.165) is 22.8 Å². The molecule has 0 bridgehead atoms. The lowest BCUT2D eigenvalue weighted by molar-refractivity contribution is 0.0733. The van der Waals surface area contributed by atoms with Gasteiger partial charge in [-0.2, -0.15) is 5.10 Å². The van der Waals surface area contributed by atoms with Gasteiger partial charge in [0.25, 0.3) is 5.91 Å². The zero-order valence-corrected chi connectivity index (χ0v) is 12.8. The molecule has 1 N–H and O–H groups in total. The summed E-state index contributed by atoms with van der Waals surface area (Å²) in [6.45, 7) is 0.749. The minimum Gasteiger partial charge on any atom is -0.396 e. The number of amides is 1. The number of nitrogens with zero attached hydrogens (tertiary/aromatic N) is 3. The number of aliphatic hydroxyl groups excluding tert-OH is 1. The van der Waals surface area contributed by atoms with Crippen molar-refractivity contribution in [2.75, 3.05) is 20.2 Å². The molecule has 20 heavy (non-hydrogen) atoms. The Balaban J connectivity index is 1.81. The van der Waals surface area contributed by atoms with Gasteiger partial charge in [0.2, 0.25) is 0 Å². The van der Waals surface area contributed by atoms with E-state index >= 15 is 0 Å². The predicted molar refractivity (Wildman–Crippen MR) is 78.6 cm³/mol. The maximum atomic E-state index is 12.4. The molecule has 2 aromatic heterocycles. The van der Waals surface area contributed by atoms with Crippen molar-refractivity contribution in [1.82, 2.24) is 14.5 Å². The summed E-state index contributed by atoms with van der Waals surface area (Å²) in [5.41, 5.74) is 1.46. The van der Waals surface area contributed by atoms with E-state index in [4.69, 9.17) is 0 Å². The highest BCUT2D eigenvalue weighted by Gasteiger charge is 2.43. The molecular formula is C14H16BrN3O2. The second-order valence-electron chi connectivity index (χ2n) is 5.56. The molecule has 106 valence electrons. The summed E-state index contributed by atoms with van der Waals surface area (Å²) >= 11 is 3.41. The highest BCUT2D eigenvalue weighted by Crippen LogP contribution is 2.45. The average Bonchev–Trinajstić information content (AvgIpc) is 3.14. The van der Waals surface area contributed by atoms with Gasteiger partial charge in [0.15, 0.2) is 0 Å². The van der Waals surface area contributed by atoms with Gasteiger partial charge in [-0.25, -0.2) is 4.52 Å². The number of pyridine rings is 1. The predicted octanol–water partition coefficient (Wildman–Crippen LogP) is 1.94. The largest absolute Gasteiger partial charge is 0.396 e. The smallest absolute Gasteiger partial charge is 0.255 e.